The summed E-state index contributed by atoms with van der Waals surface area (Å²) in [6, 6.07) is 23.8. The predicted molar refractivity (Wildman–Crippen MR) is 123 cm³/mol. The van der Waals surface area contributed by atoms with Gasteiger partial charge in [-0.05, 0) is 37.6 Å². The Morgan fingerprint density at radius 2 is 1.65 bits per heavy atom. The van der Waals surface area contributed by atoms with Crippen molar-refractivity contribution >= 4 is 22.5 Å². The number of imidazole rings is 1. The monoisotopic (exact) mass is 406 g/mol. The van der Waals surface area contributed by atoms with Gasteiger partial charge in [0.2, 0.25) is 0 Å². The summed E-state index contributed by atoms with van der Waals surface area (Å²) in [6.07, 6.45) is 2.05. The van der Waals surface area contributed by atoms with Gasteiger partial charge >= 0.3 is 0 Å². The Hall–Kier alpha value is -3.99. The van der Waals surface area contributed by atoms with Crippen LogP contribution in [0.2, 0.25) is 0 Å². The first kappa shape index (κ1) is 19.0. The van der Waals surface area contributed by atoms with E-state index in [-0.39, 0.29) is 5.91 Å². The van der Waals surface area contributed by atoms with Crippen LogP contribution in [0, 0.1) is 13.8 Å². The highest BCUT2D eigenvalue weighted by Crippen LogP contribution is 2.25. The first-order chi connectivity index (χ1) is 15.1. The molecule has 5 heteroatoms. The van der Waals surface area contributed by atoms with Crippen molar-refractivity contribution in [2.75, 3.05) is 0 Å². The van der Waals surface area contributed by atoms with Crippen molar-refractivity contribution in [2.24, 2.45) is 0 Å². The van der Waals surface area contributed by atoms with Crippen molar-refractivity contribution in [1.29, 1.82) is 0 Å². The Labute approximate surface area is 180 Å². The zero-order valence-electron chi connectivity index (χ0n) is 17.5. The molecule has 152 valence electrons. The summed E-state index contributed by atoms with van der Waals surface area (Å²) in [6.45, 7) is 4.46. The van der Waals surface area contributed by atoms with E-state index in [0.29, 0.717) is 12.2 Å². The van der Waals surface area contributed by atoms with E-state index < -0.39 is 0 Å². The van der Waals surface area contributed by atoms with Crippen LogP contribution in [-0.2, 0) is 6.54 Å². The molecule has 0 atom stereocenters. The molecular weight excluding hydrogens is 384 g/mol. The average Bonchev–Trinajstić information content (AvgIpc) is 3.15. The maximum atomic E-state index is 12.9. The number of para-hydroxylation sites is 1. The number of carbonyl (C=O) groups excluding carboxylic acids is 1. The first-order valence-corrected chi connectivity index (χ1v) is 10.3. The number of benzene rings is 2. The van der Waals surface area contributed by atoms with Crippen LogP contribution in [0.4, 0.5) is 0 Å². The first-order valence-electron chi connectivity index (χ1n) is 10.3. The zero-order chi connectivity index (χ0) is 21.4. The second-order valence-electron chi connectivity index (χ2n) is 7.78. The Bertz CT molecular complexity index is 1420. The summed E-state index contributed by atoms with van der Waals surface area (Å²) in [4.78, 5) is 22.2. The van der Waals surface area contributed by atoms with Gasteiger partial charge in [-0.1, -0.05) is 60.2 Å². The molecule has 1 amide bonds. The minimum absolute atomic E-state index is 0.205. The van der Waals surface area contributed by atoms with E-state index in [1.165, 1.54) is 5.56 Å². The SMILES string of the molecule is Cc1ccc(-c2nc3ccc(C)cn3c2CNC(=O)c2ccc3ccccc3n2)cc1. The Morgan fingerprint density at radius 3 is 2.48 bits per heavy atom. The van der Waals surface area contributed by atoms with Gasteiger partial charge in [0, 0.05) is 17.1 Å². The summed E-state index contributed by atoms with van der Waals surface area (Å²) in [5, 5.41) is 4.05. The summed E-state index contributed by atoms with van der Waals surface area (Å²) >= 11 is 0. The number of hydrogen-bond acceptors (Lipinski definition) is 3. The second kappa shape index (κ2) is 7.69. The molecular formula is C26H22N4O. The number of aryl methyl sites for hydroxylation is 2. The highest BCUT2D eigenvalue weighted by molar-refractivity contribution is 5.94. The van der Waals surface area contributed by atoms with Crippen molar-refractivity contribution in [3.05, 3.63) is 102 Å². The van der Waals surface area contributed by atoms with E-state index in [1.807, 2.05) is 49.4 Å². The highest BCUT2D eigenvalue weighted by Gasteiger charge is 2.16. The van der Waals surface area contributed by atoms with E-state index in [2.05, 4.69) is 52.1 Å². The van der Waals surface area contributed by atoms with Crippen molar-refractivity contribution in [3.8, 4) is 11.3 Å². The van der Waals surface area contributed by atoms with Crippen molar-refractivity contribution in [2.45, 2.75) is 20.4 Å². The van der Waals surface area contributed by atoms with Crippen molar-refractivity contribution in [3.63, 3.8) is 0 Å². The fraction of sp³-hybridized carbons (Fsp3) is 0.115. The van der Waals surface area contributed by atoms with E-state index >= 15 is 0 Å². The van der Waals surface area contributed by atoms with Gasteiger partial charge in [0.25, 0.3) is 5.91 Å². The highest BCUT2D eigenvalue weighted by atomic mass is 16.1. The molecule has 0 saturated carbocycles. The molecule has 3 heterocycles. The number of carbonyl (C=O) groups is 1. The molecule has 0 aliphatic rings. The van der Waals surface area contributed by atoms with Crippen LogP contribution in [0.25, 0.3) is 27.8 Å². The van der Waals surface area contributed by atoms with Gasteiger partial charge in [-0.2, -0.15) is 0 Å². The Kier molecular flexibility index (Phi) is 4.71. The normalized spacial score (nSPS) is 11.2. The van der Waals surface area contributed by atoms with Crippen molar-refractivity contribution < 1.29 is 4.79 Å². The topological polar surface area (TPSA) is 59.3 Å². The van der Waals surface area contributed by atoms with E-state index in [1.54, 1.807) is 6.07 Å². The van der Waals surface area contributed by atoms with E-state index in [0.717, 1.165) is 39.1 Å². The molecule has 3 aromatic heterocycles. The fourth-order valence-corrected chi connectivity index (χ4v) is 3.76. The van der Waals surface area contributed by atoms with Crippen LogP contribution in [0.5, 0.6) is 0 Å². The van der Waals surface area contributed by atoms with Gasteiger partial charge in [-0.25, -0.2) is 9.97 Å². The van der Waals surface area contributed by atoms with Gasteiger partial charge < -0.3 is 9.72 Å². The molecule has 0 aliphatic heterocycles. The molecule has 0 bridgehead atoms. The lowest BCUT2D eigenvalue weighted by Gasteiger charge is -2.09. The predicted octanol–water partition coefficient (Wildman–Crippen LogP) is 5.10. The van der Waals surface area contributed by atoms with Gasteiger partial charge in [0.05, 0.1) is 23.4 Å². The molecule has 1 N–H and O–H groups in total. The fourth-order valence-electron chi connectivity index (χ4n) is 3.76. The number of nitrogens with one attached hydrogen (secondary N) is 1. The van der Waals surface area contributed by atoms with E-state index in [4.69, 9.17) is 4.98 Å². The molecule has 0 spiro atoms. The Balaban J connectivity index is 1.49. The van der Waals surface area contributed by atoms with E-state index in [9.17, 15) is 4.79 Å². The molecule has 5 aromatic rings. The molecule has 0 saturated heterocycles. The van der Waals surface area contributed by atoms with Crippen LogP contribution in [0.1, 0.15) is 27.3 Å². The molecule has 5 rings (SSSR count). The summed E-state index contributed by atoms with van der Waals surface area (Å²) in [5.41, 5.74) is 7.23. The zero-order valence-corrected chi connectivity index (χ0v) is 17.5. The molecule has 2 aromatic carbocycles. The van der Waals surface area contributed by atoms with Crippen LogP contribution in [0.15, 0.2) is 79.0 Å². The third-order valence-corrected chi connectivity index (χ3v) is 5.44. The van der Waals surface area contributed by atoms with Gasteiger partial charge in [0.15, 0.2) is 0 Å². The minimum Gasteiger partial charge on any atom is -0.345 e. The number of hydrogen-bond donors (Lipinski definition) is 1. The lowest BCUT2D eigenvalue weighted by Crippen LogP contribution is -2.24. The second-order valence-corrected chi connectivity index (χ2v) is 7.78. The number of pyridine rings is 2. The number of rotatable bonds is 4. The molecule has 0 radical (unpaired) electrons. The van der Waals surface area contributed by atoms with Crippen LogP contribution < -0.4 is 5.32 Å². The largest absolute Gasteiger partial charge is 0.345 e. The number of fused-ring (bicyclic) bond motifs is 2. The third kappa shape index (κ3) is 3.66. The smallest absolute Gasteiger partial charge is 0.270 e. The molecule has 0 fully saturated rings. The quantitative estimate of drug-likeness (QED) is 0.452. The molecule has 5 nitrogen and oxygen atoms in total. The van der Waals surface area contributed by atoms with Gasteiger partial charge in [0.1, 0.15) is 11.3 Å². The van der Waals surface area contributed by atoms with Gasteiger partial charge in [-0.15, -0.1) is 0 Å². The Morgan fingerprint density at radius 1 is 0.871 bits per heavy atom. The lowest BCUT2D eigenvalue weighted by molar-refractivity contribution is 0.0946. The third-order valence-electron chi connectivity index (χ3n) is 5.44. The molecule has 0 aliphatic carbocycles. The molecule has 31 heavy (non-hydrogen) atoms. The maximum Gasteiger partial charge on any atom is 0.270 e. The number of amides is 1. The summed E-state index contributed by atoms with van der Waals surface area (Å²) < 4.78 is 2.05. The molecule has 0 unspecified atom stereocenters. The van der Waals surface area contributed by atoms with Crippen LogP contribution in [0.3, 0.4) is 0 Å². The lowest BCUT2D eigenvalue weighted by atomic mass is 10.1. The summed E-state index contributed by atoms with van der Waals surface area (Å²) in [7, 11) is 0. The number of aromatic nitrogens is 3. The average molecular weight is 406 g/mol. The minimum atomic E-state index is -0.205. The van der Waals surface area contributed by atoms with Crippen LogP contribution >= 0.6 is 0 Å². The van der Waals surface area contributed by atoms with Gasteiger partial charge in [-0.3, -0.25) is 4.79 Å². The van der Waals surface area contributed by atoms with Crippen LogP contribution in [-0.4, -0.2) is 20.3 Å². The standard InChI is InChI=1S/C26H22N4O/c1-17-7-10-20(11-8-17)25-23(30-16-18(2)9-14-24(30)29-25)15-27-26(31)22-13-12-19-5-3-4-6-21(19)28-22/h3-14,16H,15H2,1-2H3,(H,27,31). The van der Waals surface area contributed by atoms with Crippen molar-refractivity contribution in [1.82, 2.24) is 19.7 Å². The number of nitrogens with zero attached hydrogens (tertiary/aromatic N) is 3. The summed E-state index contributed by atoms with van der Waals surface area (Å²) in [5.74, 6) is -0.205. The maximum absolute atomic E-state index is 12.9.